The Morgan fingerprint density at radius 3 is 2.81 bits per heavy atom. The van der Waals surface area contributed by atoms with Gasteiger partial charge in [-0.05, 0) is 48.6 Å². The van der Waals surface area contributed by atoms with E-state index in [0.29, 0.717) is 29.0 Å². The van der Waals surface area contributed by atoms with E-state index >= 15 is 0 Å². The first-order valence-corrected chi connectivity index (χ1v) is 8.76. The minimum atomic E-state index is 0.519. The molecule has 0 saturated heterocycles. The zero-order valence-electron chi connectivity index (χ0n) is 14.2. The summed E-state index contributed by atoms with van der Waals surface area (Å²) >= 11 is 11.7. The molecule has 0 aliphatic rings. The third kappa shape index (κ3) is 4.74. The summed E-state index contributed by atoms with van der Waals surface area (Å²) < 4.78 is 10.8. The first-order chi connectivity index (χ1) is 12.7. The monoisotopic (exact) mass is 387 g/mol. The highest BCUT2D eigenvalue weighted by molar-refractivity contribution is 7.80. The molecule has 0 bridgehead atoms. The number of halogens is 1. The number of benzene rings is 1. The number of anilines is 1. The smallest absolute Gasteiger partial charge is 0.174 e. The molecule has 3 aromatic rings. The van der Waals surface area contributed by atoms with E-state index in [0.717, 1.165) is 17.1 Å². The van der Waals surface area contributed by atoms with Gasteiger partial charge in [-0.3, -0.25) is 4.98 Å². The third-order valence-electron chi connectivity index (χ3n) is 3.70. The maximum absolute atomic E-state index is 6.03. The van der Waals surface area contributed by atoms with Gasteiger partial charge in [0.2, 0.25) is 0 Å². The van der Waals surface area contributed by atoms with E-state index in [1.807, 2.05) is 41.3 Å². The predicted octanol–water partition coefficient (Wildman–Crippen LogP) is 4.74. The quantitative estimate of drug-likeness (QED) is 0.617. The van der Waals surface area contributed by atoms with Crippen LogP contribution in [0.25, 0.3) is 0 Å². The van der Waals surface area contributed by atoms with Crippen molar-refractivity contribution in [3.05, 3.63) is 77.5 Å². The van der Waals surface area contributed by atoms with Gasteiger partial charge in [0.1, 0.15) is 11.5 Å². The minimum absolute atomic E-state index is 0.519. The van der Waals surface area contributed by atoms with Gasteiger partial charge >= 0.3 is 0 Å². The molecule has 1 aromatic carbocycles. The van der Waals surface area contributed by atoms with Crippen molar-refractivity contribution in [1.29, 1.82) is 0 Å². The number of ether oxygens (including phenoxy) is 1. The van der Waals surface area contributed by atoms with Crippen molar-refractivity contribution in [2.75, 3.05) is 12.4 Å². The van der Waals surface area contributed by atoms with E-state index in [9.17, 15) is 0 Å². The van der Waals surface area contributed by atoms with Crippen LogP contribution in [0.1, 0.15) is 11.5 Å². The van der Waals surface area contributed by atoms with Crippen LogP contribution >= 0.6 is 23.8 Å². The van der Waals surface area contributed by atoms with Crippen LogP contribution in [0.15, 0.2) is 65.4 Å². The number of furan rings is 1. The number of thiocarbonyl (C=S) groups is 1. The van der Waals surface area contributed by atoms with Gasteiger partial charge < -0.3 is 19.4 Å². The second kappa shape index (κ2) is 8.69. The van der Waals surface area contributed by atoms with Crippen molar-refractivity contribution in [3.8, 4) is 5.75 Å². The molecular weight excluding hydrogens is 370 g/mol. The van der Waals surface area contributed by atoms with E-state index in [4.69, 9.17) is 33.0 Å². The molecule has 0 saturated carbocycles. The summed E-state index contributed by atoms with van der Waals surface area (Å²) in [5.74, 6) is 1.43. The molecule has 0 aliphatic carbocycles. The van der Waals surface area contributed by atoms with Crippen molar-refractivity contribution in [2.45, 2.75) is 13.1 Å². The van der Waals surface area contributed by atoms with Gasteiger partial charge in [-0.15, -0.1) is 0 Å². The molecule has 0 unspecified atom stereocenters. The van der Waals surface area contributed by atoms with E-state index in [2.05, 4.69) is 10.3 Å². The molecule has 5 nitrogen and oxygen atoms in total. The van der Waals surface area contributed by atoms with E-state index in [1.165, 1.54) is 0 Å². The van der Waals surface area contributed by atoms with Gasteiger partial charge in [0.05, 0.1) is 37.8 Å². The third-order valence-corrected chi connectivity index (χ3v) is 4.29. The zero-order valence-corrected chi connectivity index (χ0v) is 15.8. The Labute approximate surface area is 162 Å². The lowest BCUT2D eigenvalue weighted by atomic mass is 10.3. The maximum atomic E-state index is 6.03. The molecule has 0 fully saturated rings. The number of pyridine rings is 1. The maximum Gasteiger partial charge on any atom is 0.174 e. The Morgan fingerprint density at radius 1 is 1.23 bits per heavy atom. The van der Waals surface area contributed by atoms with Gasteiger partial charge in [0, 0.05) is 17.3 Å². The van der Waals surface area contributed by atoms with Gasteiger partial charge in [0.25, 0.3) is 0 Å². The lowest BCUT2D eigenvalue weighted by Crippen LogP contribution is -2.34. The van der Waals surface area contributed by atoms with Crippen LogP contribution < -0.4 is 10.1 Å². The average molecular weight is 388 g/mol. The Morgan fingerprint density at radius 2 is 2.12 bits per heavy atom. The SMILES string of the molecule is COc1cc(Cl)ccc1NC(=S)N(Cc1ccccn1)Cc1ccco1. The van der Waals surface area contributed by atoms with Crippen molar-refractivity contribution in [1.82, 2.24) is 9.88 Å². The zero-order chi connectivity index (χ0) is 18.4. The van der Waals surface area contributed by atoms with Crippen LogP contribution in [-0.4, -0.2) is 22.1 Å². The summed E-state index contributed by atoms with van der Waals surface area (Å²) in [5, 5.41) is 4.36. The van der Waals surface area contributed by atoms with Crippen LogP contribution in [0.3, 0.4) is 0 Å². The highest BCUT2D eigenvalue weighted by atomic mass is 35.5. The molecule has 0 spiro atoms. The number of nitrogens with zero attached hydrogens (tertiary/aromatic N) is 2. The summed E-state index contributed by atoms with van der Waals surface area (Å²) in [6.45, 7) is 1.06. The van der Waals surface area contributed by atoms with Crippen LogP contribution in [-0.2, 0) is 13.1 Å². The Bertz CT molecular complexity index is 856. The standard InChI is InChI=1S/C19H18ClN3O2S/c1-24-18-11-14(20)7-8-17(18)22-19(26)23(13-16-6-4-10-25-16)12-15-5-2-3-9-21-15/h2-11H,12-13H2,1H3,(H,22,26). The number of methoxy groups -OCH3 is 1. The largest absolute Gasteiger partial charge is 0.495 e. The summed E-state index contributed by atoms with van der Waals surface area (Å²) in [7, 11) is 1.59. The fraction of sp³-hybridized carbons (Fsp3) is 0.158. The molecule has 0 amide bonds. The molecule has 2 heterocycles. The van der Waals surface area contributed by atoms with Crippen LogP contribution in [0.5, 0.6) is 5.75 Å². The highest BCUT2D eigenvalue weighted by Gasteiger charge is 2.15. The number of nitrogens with one attached hydrogen (secondary N) is 1. The second-order valence-corrected chi connectivity index (χ2v) is 6.35. The summed E-state index contributed by atoms with van der Waals surface area (Å²) in [6.07, 6.45) is 3.41. The van der Waals surface area contributed by atoms with Crippen LogP contribution in [0.2, 0.25) is 5.02 Å². The molecule has 1 N–H and O–H groups in total. The molecule has 0 radical (unpaired) electrons. The average Bonchev–Trinajstić information content (AvgIpc) is 3.16. The molecule has 0 aliphatic heterocycles. The van der Waals surface area contributed by atoms with Crippen LogP contribution in [0, 0.1) is 0 Å². The first kappa shape index (κ1) is 18.2. The Hall–Kier alpha value is -2.57. The second-order valence-electron chi connectivity index (χ2n) is 5.53. The number of hydrogen-bond acceptors (Lipinski definition) is 4. The molecule has 26 heavy (non-hydrogen) atoms. The van der Waals surface area contributed by atoms with Crippen molar-refractivity contribution < 1.29 is 9.15 Å². The highest BCUT2D eigenvalue weighted by Crippen LogP contribution is 2.28. The van der Waals surface area contributed by atoms with Gasteiger partial charge in [-0.1, -0.05) is 17.7 Å². The lowest BCUT2D eigenvalue weighted by Gasteiger charge is -2.25. The van der Waals surface area contributed by atoms with Crippen molar-refractivity contribution >= 4 is 34.6 Å². The fourth-order valence-electron chi connectivity index (χ4n) is 2.44. The molecule has 2 aromatic heterocycles. The number of hydrogen-bond donors (Lipinski definition) is 1. The summed E-state index contributed by atoms with van der Waals surface area (Å²) in [6, 6.07) is 14.9. The molecule has 0 atom stereocenters. The number of rotatable bonds is 6. The van der Waals surface area contributed by atoms with E-state index < -0.39 is 0 Å². The summed E-state index contributed by atoms with van der Waals surface area (Å²) in [5.41, 5.74) is 1.65. The number of aromatic nitrogens is 1. The minimum Gasteiger partial charge on any atom is -0.495 e. The molecule has 7 heteroatoms. The van der Waals surface area contributed by atoms with Gasteiger partial charge in [-0.2, -0.15) is 0 Å². The fourth-order valence-corrected chi connectivity index (χ4v) is 2.84. The predicted molar refractivity (Wildman–Crippen MR) is 106 cm³/mol. The van der Waals surface area contributed by atoms with Crippen molar-refractivity contribution in [2.24, 2.45) is 0 Å². The summed E-state index contributed by atoms with van der Waals surface area (Å²) in [4.78, 5) is 6.36. The Balaban J connectivity index is 1.80. The first-order valence-electron chi connectivity index (χ1n) is 7.97. The Kier molecular flexibility index (Phi) is 6.09. The topological polar surface area (TPSA) is 50.5 Å². The molecule has 3 rings (SSSR count). The van der Waals surface area contributed by atoms with E-state index in [-0.39, 0.29) is 0 Å². The molecule has 134 valence electrons. The molecular formula is C19H18ClN3O2S. The van der Waals surface area contributed by atoms with Crippen molar-refractivity contribution in [3.63, 3.8) is 0 Å². The van der Waals surface area contributed by atoms with Gasteiger partial charge in [-0.25, -0.2) is 0 Å². The normalized spacial score (nSPS) is 10.4. The van der Waals surface area contributed by atoms with Gasteiger partial charge in [0.15, 0.2) is 5.11 Å². The lowest BCUT2D eigenvalue weighted by molar-refractivity contribution is 0.356. The van der Waals surface area contributed by atoms with E-state index in [1.54, 1.807) is 31.7 Å². The van der Waals surface area contributed by atoms with Crippen LogP contribution in [0.4, 0.5) is 5.69 Å².